The standard InChI is InChI=1S/C13H18ClN3S/c1-3-6-15-12(10-5-7-18-9-10)13-11(14)8-16-17(13)4-2/h5,7-9,12,15H,3-4,6H2,1-2H3. The van der Waals surface area contributed by atoms with Gasteiger partial charge in [-0.3, -0.25) is 4.68 Å². The second-order valence-electron chi connectivity index (χ2n) is 4.14. The molecule has 0 saturated heterocycles. The average molecular weight is 284 g/mol. The first kappa shape index (κ1) is 13.6. The molecular weight excluding hydrogens is 266 g/mol. The first-order chi connectivity index (χ1) is 8.77. The number of halogens is 1. The molecule has 5 heteroatoms. The highest BCUT2D eigenvalue weighted by molar-refractivity contribution is 7.08. The molecule has 2 rings (SSSR count). The Labute approximate surface area is 117 Å². The highest BCUT2D eigenvalue weighted by atomic mass is 35.5. The molecule has 2 aromatic heterocycles. The van der Waals surface area contributed by atoms with Gasteiger partial charge >= 0.3 is 0 Å². The summed E-state index contributed by atoms with van der Waals surface area (Å²) in [6.07, 6.45) is 2.83. The van der Waals surface area contributed by atoms with Gasteiger partial charge in [-0.05, 0) is 42.3 Å². The maximum absolute atomic E-state index is 6.29. The van der Waals surface area contributed by atoms with E-state index in [4.69, 9.17) is 11.6 Å². The number of nitrogens with zero attached hydrogens (tertiary/aromatic N) is 2. The summed E-state index contributed by atoms with van der Waals surface area (Å²) in [5, 5.41) is 12.9. The van der Waals surface area contributed by atoms with E-state index >= 15 is 0 Å². The zero-order valence-corrected chi connectivity index (χ0v) is 12.3. The summed E-state index contributed by atoms with van der Waals surface area (Å²) in [5.74, 6) is 0. The van der Waals surface area contributed by atoms with E-state index in [-0.39, 0.29) is 6.04 Å². The molecule has 0 saturated carbocycles. The zero-order valence-electron chi connectivity index (χ0n) is 10.7. The third-order valence-corrected chi connectivity index (χ3v) is 3.87. The fourth-order valence-corrected chi connectivity index (χ4v) is 2.95. The fourth-order valence-electron chi connectivity index (χ4n) is 2.01. The number of hydrogen-bond donors (Lipinski definition) is 1. The predicted octanol–water partition coefficient (Wildman–Crippen LogP) is 3.71. The molecule has 2 aromatic rings. The third kappa shape index (κ3) is 2.76. The van der Waals surface area contributed by atoms with Crippen LogP contribution in [0.25, 0.3) is 0 Å². The lowest BCUT2D eigenvalue weighted by atomic mass is 10.1. The second-order valence-corrected chi connectivity index (χ2v) is 5.32. The lowest BCUT2D eigenvalue weighted by molar-refractivity contribution is 0.531. The number of aryl methyl sites for hydroxylation is 1. The number of thiophene rings is 1. The minimum absolute atomic E-state index is 0.131. The highest BCUT2D eigenvalue weighted by Crippen LogP contribution is 2.29. The summed E-state index contributed by atoms with van der Waals surface area (Å²) in [7, 11) is 0. The van der Waals surface area contributed by atoms with Crippen molar-refractivity contribution in [3.05, 3.63) is 39.3 Å². The van der Waals surface area contributed by atoms with E-state index in [0.717, 1.165) is 30.2 Å². The second kappa shape index (κ2) is 6.36. The van der Waals surface area contributed by atoms with Gasteiger partial charge in [-0.2, -0.15) is 16.4 Å². The first-order valence-electron chi connectivity index (χ1n) is 6.24. The molecular formula is C13H18ClN3S. The smallest absolute Gasteiger partial charge is 0.0837 e. The van der Waals surface area contributed by atoms with Crippen molar-refractivity contribution in [1.82, 2.24) is 15.1 Å². The molecule has 1 atom stereocenters. The van der Waals surface area contributed by atoms with Gasteiger partial charge in [0.15, 0.2) is 0 Å². The van der Waals surface area contributed by atoms with Gasteiger partial charge in [0.2, 0.25) is 0 Å². The van der Waals surface area contributed by atoms with Crippen LogP contribution in [0.4, 0.5) is 0 Å². The monoisotopic (exact) mass is 283 g/mol. The van der Waals surface area contributed by atoms with Crippen LogP contribution in [0.15, 0.2) is 23.0 Å². The quantitative estimate of drug-likeness (QED) is 0.876. The Bertz CT molecular complexity index is 478. The molecule has 0 radical (unpaired) electrons. The highest BCUT2D eigenvalue weighted by Gasteiger charge is 2.21. The van der Waals surface area contributed by atoms with Crippen LogP contribution in [-0.4, -0.2) is 16.3 Å². The van der Waals surface area contributed by atoms with Crippen molar-refractivity contribution >= 4 is 22.9 Å². The first-order valence-corrected chi connectivity index (χ1v) is 7.56. The Hall–Kier alpha value is -0.840. The van der Waals surface area contributed by atoms with Crippen LogP contribution in [0.1, 0.15) is 37.6 Å². The summed E-state index contributed by atoms with van der Waals surface area (Å²) < 4.78 is 1.97. The summed E-state index contributed by atoms with van der Waals surface area (Å²) in [6, 6.07) is 2.27. The summed E-state index contributed by atoms with van der Waals surface area (Å²) >= 11 is 8.00. The van der Waals surface area contributed by atoms with Crippen molar-refractivity contribution in [3.8, 4) is 0 Å². The van der Waals surface area contributed by atoms with Crippen LogP contribution >= 0.6 is 22.9 Å². The van der Waals surface area contributed by atoms with Crippen molar-refractivity contribution < 1.29 is 0 Å². The van der Waals surface area contributed by atoms with Crippen LogP contribution in [0.2, 0.25) is 5.02 Å². The minimum Gasteiger partial charge on any atom is -0.305 e. The normalized spacial score (nSPS) is 12.8. The van der Waals surface area contributed by atoms with Crippen LogP contribution in [0.5, 0.6) is 0 Å². The van der Waals surface area contributed by atoms with Crippen molar-refractivity contribution in [2.24, 2.45) is 0 Å². The van der Waals surface area contributed by atoms with Gasteiger partial charge in [0.25, 0.3) is 0 Å². The Balaban J connectivity index is 2.36. The van der Waals surface area contributed by atoms with Gasteiger partial charge in [0.05, 0.1) is 23.0 Å². The molecule has 0 aromatic carbocycles. The largest absolute Gasteiger partial charge is 0.305 e. The summed E-state index contributed by atoms with van der Waals surface area (Å²) in [6.45, 7) is 6.04. The number of aromatic nitrogens is 2. The Morgan fingerprint density at radius 2 is 2.33 bits per heavy atom. The van der Waals surface area contributed by atoms with E-state index in [9.17, 15) is 0 Å². The lowest BCUT2D eigenvalue weighted by Crippen LogP contribution is -2.25. The zero-order chi connectivity index (χ0) is 13.0. The molecule has 1 unspecified atom stereocenters. The van der Waals surface area contributed by atoms with Crippen molar-refractivity contribution in [3.63, 3.8) is 0 Å². The van der Waals surface area contributed by atoms with Gasteiger partial charge < -0.3 is 5.32 Å². The Kier molecular flexibility index (Phi) is 4.80. The number of nitrogens with one attached hydrogen (secondary N) is 1. The van der Waals surface area contributed by atoms with Crippen LogP contribution in [-0.2, 0) is 6.54 Å². The molecule has 0 fully saturated rings. The molecule has 98 valence electrons. The van der Waals surface area contributed by atoms with Crippen LogP contribution in [0, 0.1) is 0 Å². The van der Waals surface area contributed by atoms with E-state index in [1.54, 1.807) is 17.5 Å². The molecule has 0 bridgehead atoms. The molecule has 18 heavy (non-hydrogen) atoms. The van der Waals surface area contributed by atoms with Crippen molar-refractivity contribution in [2.75, 3.05) is 6.54 Å². The summed E-state index contributed by atoms with van der Waals surface area (Å²) in [4.78, 5) is 0. The van der Waals surface area contributed by atoms with E-state index in [0.29, 0.717) is 0 Å². The molecule has 0 aliphatic heterocycles. The van der Waals surface area contributed by atoms with E-state index in [2.05, 4.69) is 41.1 Å². The van der Waals surface area contributed by atoms with Crippen molar-refractivity contribution in [1.29, 1.82) is 0 Å². The SMILES string of the molecule is CCCNC(c1ccsc1)c1c(Cl)cnn1CC. The molecule has 0 spiro atoms. The molecule has 3 nitrogen and oxygen atoms in total. The average Bonchev–Trinajstić information content (AvgIpc) is 3.01. The predicted molar refractivity (Wildman–Crippen MR) is 77.4 cm³/mol. The van der Waals surface area contributed by atoms with Gasteiger partial charge in [-0.1, -0.05) is 18.5 Å². The summed E-state index contributed by atoms with van der Waals surface area (Å²) in [5.41, 5.74) is 2.32. The van der Waals surface area contributed by atoms with Gasteiger partial charge in [-0.15, -0.1) is 0 Å². The van der Waals surface area contributed by atoms with E-state index in [1.165, 1.54) is 5.56 Å². The Morgan fingerprint density at radius 3 is 2.94 bits per heavy atom. The maximum atomic E-state index is 6.29. The number of rotatable bonds is 6. The van der Waals surface area contributed by atoms with E-state index in [1.807, 2.05) is 4.68 Å². The fraction of sp³-hybridized carbons (Fsp3) is 0.462. The molecule has 0 aliphatic rings. The topological polar surface area (TPSA) is 29.9 Å². The molecule has 0 amide bonds. The van der Waals surface area contributed by atoms with Crippen molar-refractivity contribution in [2.45, 2.75) is 32.9 Å². The van der Waals surface area contributed by atoms with Gasteiger partial charge in [0, 0.05) is 6.54 Å². The molecule has 0 aliphatic carbocycles. The lowest BCUT2D eigenvalue weighted by Gasteiger charge is -2.19. The van der Waals surface area contributed by atoms with E-state index < -0.39 is 0 Å². The Morgan fingerprint density at radius 1 is 1.50 bits per heavy atom. The van der Waals surface area contributed by atoms with Gasteiger partial charge in [-0.25, -0.2) is 0 Å². The third-order valence-electron chi connectivity index (χ3n) is 2.88. The maximum Gasteiger partial charge on any atom is 0.0837 e. The minimum atomic E-state index is 0.131. The van der Waals surface area contributed by atoms with Crippen LogP contribution in [0.3, 0.4) is 0 Å². The molecule has 1 N–H and O–H groups in total. The number of hydrogen-bond acceptors (Lipinski definition) is 3. The van der Waals surface area contributed by atoms with Crippen LogP contribution < -0.4 is 5.32 Å². The molecule has 2 heterocycles. The van der Waals surface area contributed by atoms with Gasteiger partial charge in [0.1, 0.15) is 0 Å².